The third-order valence-electron chi connectivity index (χ3n) is 5.10. The minimum Gasteiger partial charge on any atom is -0.270 e. The van der Waals surface area contributed by atoms with Crippen molar-refractivity contribution in [2.24, 2.45) is 0 Å². The van der Waals surface area contributed by atoms with E-state index in [0.717, 1.165) is 10.2 Å². The van der Waals surface area contributed by atoms with Crippen LogP contribution in [0.2, 0.25) is 0 Å². The fourth-order valence-corrected chi connectivity index (χ4v) is 3.53. The standard InChI is InChI=1S/C10H7ClF11N3O4S.C7H4ClF8N3O3S/c1-5(12,13)9(19,20)28-6(2,14)10(21,22)29-7(15,8(16,17)18)3-23-4(25-24-3)30(11,26)27;1-4(9,10)7(15,16)22-5(11,6(12,13)14)2-17-3(19-18-2)23(8,20)21/h1-2H3,(H,23,24,25);1H3,(H,17,18,19). The van der Waals surface area contributed by atoms with E-state index in [2.05, 4.69) is 55.7 Å². The predicted molar refractivity (Wildman–Crippen MR) is 125 cm³/mol. The number of H-pyrrole nitrogens is 2. The third kappa shape index (κ3) is 10.5. The van der Waals surface area contributed by atoms with Crippen molar-refractivity contribution in [3.05, 3.63) is 11.6 Å². The van der Waals surface area contributed by atoms with Gasteiger partial charge < -0.3 is 0 Å². The van der Waals surface area contributed by atoms with E-state index in [4.69, 9.17) is 0 Å². The highest BCUT2D eigenvalue weighted by molar-refractivity contribution is 8.13. The number of ether oxygens (including phenoxy) is 3. The zero-order valence-electron chi connectivity index (χ0n) is 24.4. The Morgan fingerprint density at radius 1 is 0.491 bits per heavy atom. The monoisotopic (exact) mass is 906 g/mol. The van der Waals surface area contributed by atoms with Crippen LogP contribution < -0.4 is 0 Å². The smallest absolute Gasteiger partial charge is 0.270 e. The van der Waals surface area contributed by atoms with Crippen LogP contribution in [0.25, 0.3) is 0 Å². The van der Waals surface area contributed by atoms with Crippen molar-refractivity contribution in [1.82, 2.24) is 30.4 Å². The molecule has 0 radical (unpaired) electrons. The Labute approximate surface area is 287 Å². The summed E-state index contributed by atoms with van der Waals surface area (Å²) in [5.41, 5.74) is 0. The first-order chi connectivity index (χ1) is 22.8. The van der Waals surface area contributed by atoms with Crippen molar-refractivity contribution in [3.8, 4) is 0 Å². The van der Waals surface area contributed by atoms with E-state index in [9.17, 15) is 100 Å². The molecule has 13 nitrogen and oxygen atoms in total. The minimum atomic E-state index is -6.61. The average Bonchev–Trinajstić information content (AvgIpc) is 3.56. The van der Waals surface area contributed by atoms with Gasteiger partial charge in [0.1, 0.15) is 0 Å². The first-order valence-corrected chi connectivity index (χ1v) is 16.4. The van der Waals surface area contributed by atoms with E-state index >= 15 is 0 Å². The molecule has 53 heavy (non-hydrogen) atoms. The summed E-state index contributed by atoms with van der Waals surface area (Å²) in [7, 11) is -0.592. The van der Waals surface area contributed by atoms with Crippen LogP contribution in [0.15, 0.2) is 10.3 Å². The van der Waals surface area contributed by atoms with Gasteiger partial charge >= 0.3 is 60.1 Å². The molecule has 0 aromatic carbocycles. The lowest BCUT2D eigenvalue weighted by atomic mass is 10.2. The summed E-state index contributed by atoms with van der Waals surface area (Å²) >= 11 is 0. The van der Waals surface area contributed by atoms with Gasteiger partial charge in [0.05, 0.1) is 0 Å². The molecule has 2 rings (SSSR count). The fraction of sp³-hybridized carbons (Fsp3) is 0.765. The van der Waals surface area contributed by atoms with Crippen molar-refractivity contribution in [1.29, 1.82) is 0 Å². The molecule has 0 bridgehead atoms. The van der Waals surface area contributed by atoms with Crippen molar-refractivity contribution in [3.63, 3.8) is 0 Å². The van der Waals surface area contributed by atoms with Crippen LogP contribution >= 0.6 is 21.4 Å². The Balaban J connectivity index is 0.000000549. The number of hydrogen-bond acceptors (Lipinski definition) is 11. The van der Waals surface area contributed by atoms with Gasteiger partial charge in [-0.05, 0) is 0 Å². The van der Waals surface area contributed by atoms with Gasteiger partial charge in [0.2, 0.25) is 11.6 Å². The Morgan fingerprint density at radius 2 is 0.755 bits per heavy atom. The summed E-state index contributed by atoms with van der Waals surface area (Å²) in [4.78, 5) is 4.73. The molecule has 2 heterocycles. The highest BCUT2D eigenvalue weighted by Gasteiger charge is 2.73. The molecule has 36 heteroatoms. The lowest BCUT2D eigenvalue weighted by Gasteiger charge is -2.37. The first kappa shape index (κ1) is 48.3. The molecule has 0 saturated heterocycles. The third-order valence-corrected chi connectivity index (χ3v) is 7.17. The van der Waals surface area contributed by atoms with Gasteiger partial charge in [0.15, 0.2) is 0 Å². The SMILES string of the molecule is CC(F)(F)C(F)(F)OC(C)(F)C(F)(F)OC(F)(c1nc(S(=O)(=O)Cl)n[nH]1)C(F)(F)F.CC(F)(F)C(F)(F)OC(F)(c1nc(S(=O)(=O)Cl)n[nH]1)C(F)(F)F. The predicted octanol–water partition coefficient (Wildman–Crippen LogP) is 6.66. The summed E-state index contributed by atoms with van der Waals surface area (Å²) in [5.74, 6) is -32.4. The number of aromatic amines is 2. The van der Waals surface area contributed by atoms with Crippen LogP contribution in [0.3, 0.4) is 0 Å². The normalized spacial score (nSPS) is 18.0. The summed E-state index contributed by atoms with van der Waals surface area (Å²) in [6, 6.07) is 0. The lowest BCUT2D eigenvalue weighted by molar-refractivity contribution is -0.503. The zero-order chi connectivity index (χ0) is 42.7. The molecule has 310 valence electrons. The fourth-order valence-electron chi connectivity index (χ4n) is 2.40. The Bertz CT molecular complexity index is 1830. The second-order valence-corrected chi connectivity index (χ2v) is 14.5. The van der Waals surface area contributed by atoms with E-state index in [-0.39, 0.29) is 0 Å². The van der Waals surface area contributed by atoms with E-state index in [0.29, 0.717) is 0 Å². The molecule has 3 atom stereocenters. The van der Waals surface area contributed by atoms with Crippen molar-refractivity contribution < 1.29 is 114 Å². The van der Waals surface area contributed by atoms with E-state index in [1.165, 1.54) is 0 Å². The quantitative estimate of drug-likeness (QED) is 0.162. The maximum Gasteiger partial charge on any atom is 0.456 e. The summed E-state index contributed by atoms with van der Waals surface area (Å²) < 4.78 is 301. The number of hydrogen-bond donors (Lipinski definition) is 2. The number of halogens is 21. The largest absolute Gasteiger partial charge is 0.456 e. The second kappa shape index (κ2) is 14.1. The van der Waals surface area contributed by atoms with Crippen molar-refractivity contribution >= 4 is 39.5 Å². The Morgan fingerprint density at radius 3 is 0.981 bits per heavy atom. The van der Waals surface area contributed by atoms with Gasteiger partial charge in [-0.3, -0.25) is 24.4 Å². The molecule has 0 spiro atoms. The maximum absolute atomic E-state index is 14.4. The van der Waals surface area contributed by atoms with E-state index in [1.54, 1.807) is 0 Å². The Kier molecular flexibility index (Phi) is 12.9. The lowest BCUT2D eigenvalue weighted by Crippen LogP contribution is -2.58. The topological polar surface area (TPSA) is 179 Å². The average molecular weight is 907 g/mol. The minimum absolute atomic E-state index is 0.529. The van der Waals surface area contributed by atoms with Crippen LogP contribution in [-0.4, -0.2) is 95.6 Å². The second-order valence-electron chi connectivity index (χ2n) is 9.54. The highest BCUT2D eigenvalue weighted by atomic mass is 35.7. The van der Waals surface area contributed by atoms with E-state index in [1.807, 2.05) is 0 Å². The van der Waals surface area contributed by atoms with Gasteiger partial charge in [0.25, 0.3) is 28.4 Å². The van der Waals surface area contributed by atoms with Crippen LogP contribution in [0, 0.1) is 0 Å². The highest BCUT2D eigenvalue weighted by Crippen LogP contribution is 2.52. The molecule has 0 fully saturated rings. The number of aromatic nitrogens is 6. The summed E-state index contributed by atoms with van der Waals surface area (Å²) in [5, 5.41) is 3.56. The van der Waals surface area contributed by atoms with Crippen LogP contribution in [0.5, 0.6) is 0 Å². The van der Waals surface area contributed by atoms with E-state index < -0.39 is 121 Å². The summed E-state index contributed by atoms with van der Waals surface area (Å²) in [6.45, 7) is -1.91. The van der Waals surface area contributed by atoms with Gasteiger partial charge in [0, 0.05) is 42.1 Å². The molecular formula is C17H11Cl2F19N6O7S2. The molecule has 0 amide bonds. The molecule has 3 unspecified atom stereocenters. The van der Waals surface area contributed by atoms with Gasteiger partial charge in [-0.25, -0.2) is 21.2 Å². The first-order valence-electron chi connectivity index (χ1n) is 11.7. The van der Waals surface area contributed by atoms with Gasteiger partial charge in [-0.1, -0.05) is 0 Å². The molecule has 2 N–H and O–H groups in total. The van der Waals surface area contributed by atoms with Gasteiger partial charge in [-0.15, -0.1) is 10.2 Å². The Hall–Kier alpha value is -2.69. The molecule has 0 aliphatic carbocycles. The van der Waals surface area contributed by atoms with Crippen molar-refractivity contribution in [2.45, 2.75) is 91.2 Å². The zero-order valence-corrected chi connectivity index (χ0v) is 27.5. The van der Waals surface area contributed by atoms with Gasteiger partial charge in [-0.2, -0.15) is 89.0 Å². The summed E-state index contributed by atoms with van der Waals surface area (Å²) in [6.07, 6.45) is -31.3. The molecule has 0 saturated carbocycles. The number of alkyl halides is 19. The van der Waals surface area contributed by atoms with Crippen molar-refractivity contribution in [2.75, 3.05) is 0 Å². The van der Waals surface area contributed by atoms with Crippen LogP contribution in [-0.2, 0) is 44.0 Å². The molecule has 0 aliphatic rings. The van der Waals surface area contributed by atoms with Crippen LogP contribution in [0.1, 0.15) is 32.4 Å². The molecular weight excluding hydrogens is 896 g/mol. The number of nitrogens with one attached hydrogen (secondary N) is 2. The molecule has 2 aromatic rings. The number of rotatable bonds is 13. The molecule has 0 aliphatic heterocycles. The maximum atomic E-state index is 14.4. The molecule has 2 aromatic heterocycles. The van der Waals surface area contributed by atoms with Crippen LogP contribution in [0.4, 0.5) is 83.4 Å². The number of nitrogens with zero attached hydrogens (tertiary/aromatic N) is 4.